The van der Waals surface area contributed by atoms with E-state index in [1.807, 2.05) is 23.0 Å². The normalized spacial score (nSPS) is 11.6. The summed E-state index contributed by atoms with van der Waals surface area (Å²) in [5, 5.41) is 8.45. The summed E-state index contributed by atoms with van der Waals surface area (Å²) in [5.74, 6) is -0.717. The van der Waals surface area contributed by atoms with E-state index in [4.69, 9.17) is 8.17 Å². The summed E-state index contributed by atoms with van der Waals surface area (Å²) >= 11 is 1.87. The van der Waals surface area contributed by atoms with Gasteiger partial charge in [0.25, 0.3) is 0 Å². The highest BCUT2D eigenvalue weighted by Gasteiger charge is 2.14. The number of carboxylic acid groups (broad SMARTS) is 1. The van der Waals surface area contributed by atoms with Crippen LogP contribution in [-0.4, -0.2) is 49.4 Å². The maximum Gasteiger partial charge on any atom is 0.303 e. The molecule has 0 heterocycles. The number of nitrogens with zero attached hydrogens (tertiary/aromatic N) is 1. The molecular weight excluding hydrogens is 285 g/mol. The van der Waals surface area contributed by atoms with Gasteiger partial charge in [0.15, 0.2) is 0 Å². The predicted octanol–water partition coefficient (Wildman–Crippen LogP) is 1.29. The van der Waals surface area contributed by atoms with Crippen LogP contribution in [0.3, 0.4) is 0 Å². The summed E-state index contributed by atoms with van der Waals surface area (Å²) in [5.41, 5.74) is 0. The third-order valence-electron chi connectivity index (χ3n) is 1.93. The summed E-state index contributed by atoms with van der Waals surface area (Å²) in [7, 11) is 4.16. The van der Waals surface area contributed by atoms with Crippen molar-refractivity contribution in [1.29, 1.82) is 0 Å². The Morgan fingerprint density at radius 3 is 2.54 bits per heavy atom. The number of hydrogen-bond donors (Lipinski definition) is 1. The van der Waals surface area contributed by atoms with Gasteiger partial charge in [-0.1, -0.05) is 0 Å². The van der Waals surface area contributed by atoms with E-state index in [-0.39, 0.29) is 6.42 Å². The van der Waals surface area contributed by atoms with Crippen LogP contribution in [0.1, 0.15) is 12.8 Å². The van der Waals surface area contributed by atoms with Crippen LogP contribution in [0, 0.1) is 0 Å². The Morgan fingerprint density at radius 1 is 1.46 bits per heavy atom. The number of aliphatic carboxylic acids is 1. The Hall–Kier alpha value is 0.120. The average molecular weight is 302 g/mol. The zero-order valence-corrected chi connectivity index (χ0v) is 10.3. The molecule has 0 aromatic rings. The van der Waals surface area contributed by atoms with Crippen molar-refractivity contribution in [1.82, 2.24) is 0 Å². The van der Waals surface area contributed by atoms with Gasteiger partial charge < -0.3 is 12.7 Å². The predicted molar refractivity (Wildman–Crippen MR) is 58.7 cm³/mol. The number of carboxylic acids is 1. The van der Waals surface area contributed by atoms with E-state index < -0.39 is 5.97 Å². The molecule has 0 bridgehead atoms. The smallest absolute Gasteiger partial charge is 0.303 e. The highest BCUT2D eigenvalue weighted by molar-refractivity contribution is 14.1. The number of hydrogen-bond acceptors (Lipinski definition) is 2. The lowest BCUT2D eigenvalue weighted by Gasteiger charge is -2.28. The summed E-state index contributed by atoms with van der Waals surface area (Å²) < 4.78 is 5.76. The Bertz CT molecular complexity index is 161. The molecule has 0 aromatic heterocycles. The Labute approximate surface area is 93.1 Å². The second-order valence-electron chi connectivity index (χ2n) is 3.69. The van der Waals surface area contributed by atoms with Crippen molar-refractivity contribution >= 4 is 29.0 Å². The lowest BCUT2D eigenvalue weighted by atomic mass is 10.3. The van der Waals surface area contributed by atoms with Crippen molar-refractivity contribution in [3.05, 3.63) is 0 Å². The molecule has 5 heteroatoms. The summed E-state index contributed by atoms with van der Waals surface area (Å²) in [4.78, 5) is 10.3. The zero-order valence-electron chi connectivity index (χ0n) is 8.12. The molecule has 78 valence electrons. The van der Waals surface area contributed by atoms with Crippen LogP contribution in [0.15, 0.2) is 0 Å². The quantitative estimate of drug-likeness (QED) is 0.569. The molecule has 0 aliphatic heterocycles. The van der Waals surface area contributed by atoms with Crippen LogP contribution in [0.4, 0.5) is 0 Å². The summed E-state index contributed by atoms with van der Waals surface area (Å²) in [6.45, 7) is 2.51. The fourth-order valence-corrected chi connectivity index (χ4v) is 1.25. The molecule has 1 N–H and O–H groups in total. The van der Waals surface area contributed by atoms with Crippen LogP contribution in [-0.2, 0) is 7.86 Å². The van der Waals surface area contributed by atoms with Gasteiger partial charge in [0, 0.05) is 6.42 Å². The topological polar surface area (TPSA) is 46.5 Å². The fourth-order valence-electron chi connectivity index (χ4n) is 1.05. The van der Waals surface area contributed by atoms with Crippen LogP contribution in [0.2, 0.25) is 0 Å². The van der Waals surface area contributed by atoms with Gasteiger partial charge in [-0.25, -0.2) is 0 Å². The lowest BCUT2D eigenvalue weighted by Crippen LogP contribution is -2.42. The minimum atomic E-state index is -0.717. The monoisotopic (exact) mass is 302 g/mol. The van der Waals surface area contributed by atoms with E-state index in [1.54, 1.807) is 0 Å². The van der Waals surface area contributed by atoms with Gasteiger partial charge >= 0.3 is 5.97 Å². The van der Waals surface area contributed by atoms with E-state index in [1.165, 1.54) is 0 Å². The fraction of sp³-hybridized carbons (Fsp3) is 0.875. The highest BCUT2D eigenvalue weighted by atomic mass is 127. The van der Waals surface area contributed by atoms with Gasteiger partial charge in [0.1, 0.15) is 36.2 Å². The SMILES string of the molecule is C[N+](C)(CCCC(=O)O)CCOI. The van der Waals surface area contributed by atoms with Crippen LogP contribution in [0.5, 0.6) is 0 Å². The molecular formula is C8H17INO3+. The first kappa shape index (κ1) is 13.1. The molecule has 0 spiro atoms. The largest absolute Gasteiger partial charge is 0.481 e. The molecule has 0 unspecified atom stereocenters. The van der Waals surface area contributed by atoms with E-state index >= 15 is 0 Å². The van der Waals surface area contributed by atoms with Gasteiger partial charge in [0.05, 0.1) is 27.1 Å². The number of quaternary nitrogens is 1. The van der Waals surface area contributed by atoms with Gasteiger partial charge in [-0.2, -0.15) is 0 Å². The molecule has 0 saturated heterocycles. The molecule has 0 amide bonds. The molecule has 0 saturated carbocycles. The van der Waals surface area contributed by atoms with E-state index in [0.29, 0.717) is 6.61 Å². The molecule has 13 heavy (non-hydrogen) atoms. The third-order valence-corrected chi connectivity index (χ3v) is 2.37. The molecule has 0 aliphatic rings. The molecule has 0 aromatic carbocycles. The molecule has 0 fully saturated rings. The molecule has 0 rings (SSSR count). The van der Waals surface area contributed by atoms with Gasteiger partial charge in [-0.05, 0) is 0 Å². The molecule has 0 radical (unpaired) electrons. The maximum atomic E-state index is 10.3. The van der Waals surface area contributed by atoms with Crippen LogP contribution < -0.4 is 0 Å². The van der Waals surface area contributed by atoms with E-state index in [0.717, 1.165) is 24.0 Å². The standard InChI is InChI=1S/C8H16INO3/c1-10(2,6-7-13-9)5-3-4-8(11)12/h3-7H2,1-2H3/p+1. The van der Waals surface area contributed by atoms with Crippen molar-refractivity contribution in [2.24, 2.45) is 0 Å². The number of rotatable bonds is 7. The van der Waals surface area contributed by atoms with E-state index in [2.05, 4.69) is 14.1 Å². The number of carbonyl (C=O) groups is 1. The van der Waals surface area contributed by atoms with Gasteiger partial charge in [-0.3, -0.25) is 4.79 Å². The third kappa shape index (κ3) is 8.45. The van der Waals surface area contributed by atoms with Crippen molar-refractivity contribution in [2.75, 3.05) is 33.8 Å². The van der Waals surface area contributed by atoms with Crippen molar-refractivity contribution in [3.8, 4) is 0 Å². The summed E-state index contributed by atoms with van der Waals surface area (Å²) in [6, 6.07) is 0. The summed E-state index contributed by atoms with van der Waals surface area (Å²) in [6.07, 6.45) is 0.982. The van der Waals surface area contributed by atoms with E-state index in [9.17, 15) is 4.79 Å². The van der Waals surface area contributed by atoms with Crippen molar-refractivity contribution < 1.29 is 17.5 Å². The van der Waals surface area contributed by atoms with Gasteiger partial charge in [-0.15, -0.1) is 0 Å². The van der Waals surface area contributed by atoms with Crippen LogP contribution >= 0.6 is 23.0 Å². The first-order valence-corrected chi connectivity index (χ1v) is 5.13. The average Bonchev–Trinajstić information content (AvgIpc) is 2.00. The Balaban J connectivity index is 3.56. The minimum Gasteiger partial charge on any atom is -0.481 e. The lowest BCUT2D eigenvalue weighted by molar-refractivity contribution is -0.890. The Morgan fingerprint density at radius 2 is 2.08 bits per heavy atom. The first-order valence-electron chi connectivity index (χ1n) is 4.25. The highest BCUT2D eigenvalue weighted by Crippen LogP contribution is 2.02. The van der Waals surface area contributed by atoms with Crippen LogP contribution in [0.25, 0.3) is 0 Å². The number of halogens is 1. The molecule has 0 aliphatic carbocycles. The van der Waals surface area contributed by atoms with Gasteiger partial charge in [0.2, 0.25) is 0 Å². The first-order chi connectivity index (χ1) is 5.98. The van der Waals surface area contributed by atoms with Crippen molar-refractivity contribution in [3.63, 3.8) is 0 Å². The second-order valence-corrected chi connectivity index (χ2v) is 4.32. The maximum absolute atomic E-state index is 10.3. The Kier molecular flexibility index (Phi) is 6.62. The molecule has 0 atom stereocenters. The second kappa shape index (κ2) is 6.56. The minimum absolute atomic E-state index is 0.257. The molecule has 4 nitrogen and oxygen atoms in total. The van der Waals surface area contributed by atoms with Crippen molar-refractivity contribution in [2.45, 2.75) is 12.8 Å². The number of likely N-dealkylation sites (N-methyl/N-ethyl adjacent to an activating group) is 1. The zero-order chi connectivity index (χ0) is 10.3.